The topological polar surface area (TPSA) is 104 Å². The van der Waals surface area contributed by atoms with Gasteiger partial charge in [0.25, 0.3) is 5.56 Å². The van der Waals surface area contributed by atoms with Gasteiger partial charge in [0.05, 0.1) is 24.6 Å². The van der Waals surface area contributed by atoms with Crippen molar-refractivity contribution in [3.63, 3.8) is 0 Å². The Labute approximate surface area is 148 Å². The lowest BCUT2D eigenvalue weighted by Crippen LogP contribution is -2.32. The lowest BCUT2D eigenvalue weighted by molar-refractivity contribution is 0.0600. The van der Waals surface area contributed by atoms with Crippen LogP contribution in [0.15, 0.2) is 53.3 Å². The van der Waals surface area contributed by atoms with Crippen molar-refractivity contribution in [2.75, 3.05) is 13.7 Å². The van der Waals surface area contributed by atoms with Crippen LogP contribution < -0.4 is 10.3 Å². The summed E-state index contributed by atoms with van der Waals surface area (Å²) in [5, 5.41) is 18.3. The molecule has 26 heavy (non-hydrogen) atoms. The molecule has 0 fully saturated rings. The van der Waals surface area contributed by atoms with Gasteiger partial charge < -0.3 is 14.6 Å². The van der Waals surface area contributed by atoms with Crippen LogP contribution in [0.4, 0.5) is 0 Å². The maximum Gasteiger partial charge on any atom is 0.337 e. The molecule has 3 rings (SSSR count). The van der Waals surface area contributed by atoms with Crippen molar-refractivity contribution in [1.82, 2.24) is 15.0 Å². The maximum atomic E-state index is 12.3. The molecule has 2 aromatic carbocycles. The second-order valence-electron chi connectivity index (χ2n) is 5.57. The molecule has 0 spiro atoms. The Morgan fingerprint density at radius 1 is 1.19 bits per heavy atom. The molecule has 0 bridgehead atoms. The van der Waals surface area contributed by atoms with Gasteiger partial charge in [0.15, 0.2) is 0 Å². The summed E-state index contributed by atoms with van der Waals surface area (Å²) in [4.78, 5) is 23.7. The smallest absolute Gasteiger partial charge is 0.337 e. The van der Waals surface area contributed by atoms with Crippen LogP contribution in [0.5, 0.6) is 5.75 Å². The zero-order chi connectivity index (χ0) is 18.5. The van der Waals surface area contributed by atoms with Gasteiger partial charge in [-0.25, -0.2) is 9.48 Å². The van der Waals surface area contributed by atoms with Crippen molar-refractivity contribution in [3.05, 3.63) is 64.4 Å². The minimum atomic E-state index is -0.955. The lowest BCUT2D eigenvalue weighted by Gasteiger charge is -2.13. The molecule has 0 radical (unpaired) electrons. The first-order valence-corrected chi connectivity index (χ1v) is 7.90. The number of aliphatic hydroxyl groups is 1. The SMILES string of the molecule is COC(=O)c1ccc(OCC(O)Cn2nnc3ccccc3c2=O)cc1. The maximum absolute atomic E-state index is 12.3. The molecule has 0 aliphatic rings. The minimum absolute atomic E-state index is 0.0431. The second-order valence-corrected chi connectivity index (χ2v) is 5.57. The van der Waals surface area contributed by atoms with Crippen LogP contribution in [-0.2, 0) is 11.3 Å². The average molecular weight is 355 g/mol. The third-order valence-corrected chi connectivity index (χ3v) is 3.73. The summed E-state index contributed by atoms with van der Waals surface area (Å²) < 4.78 is 11.2. The van der Waals surface area contributed by atoms with Gasteiger partial charge in [0.1, 0.15) is 24.0 Å². The number of carbonyl (C=O) groups excluding carboxylic acids is 1. The summed E-state index contributed by atoms with van der Waals surface area (Å²) in [6.07, 6.45) is -0.955. The van der Waals surface area contributed by atoms with Crippen molar-refractivity contribution in [3.8, 4) is 5.75 Å². The molecule has 0 aliphatic carbocycles. The number of aromatic nitrogens is 3. The fourth-order valence-corrected chi connectivity index (χ4v) is 2.39. The summed E-state index contributed by atoms with van der Waals surface area (Å²) in [6, 6.07) is 13.2. The summed E-state index contributed by atoms with van der Waals surface area (Å²) in [7, 11) is 1.31. The van der Waals surface area contributed by atoms with E-state index in [4.69, 9.17) is 4.74 Å². The van der Waals surface area contributed by atoms with Crippen LogP contribution >= 0.6 is 0 Å². The predicted octanol–water partition coefficient (Wildman–Crippen LogP) is 1.02. The molecule has 0 amide bonds. The van der Waals surface area contributed by atoms with Crippen molar-refractivity contribution >= 4 is 16.9 Å². The van der Waals surface area contributed by atoms with Crippen molar-refractivity contribution in [1.29, 1.82) is 0 Å². The number of fused-ring (bicyclic) bond motifs is 1. The van der Waals surface area contributed by atoms with Gasteiger partial charge in [-0.05, 0) is 36.4 Å². The number of benzene rings is 2. The van der Waals surface area contributed by atoms with Crippen LogP contribution in [0, 0.1) is 0 Å². The fourth-order valence-electron chi connectivity index (χ4n) is 2.39. The number of ether oxygens (including phenoxy) is 2. The minimum Gasteiger partial charge on any atom is -0.491 e. The first kappa shape index (κ1) is 17.6. The van der Waals surface area contributed by atoms with Crippen LogP contribution in [0.3, 0.4) is 0 Å². The second kappa shape index (κ2) is 7.75. The molecule has 1 N–H and O–H groups in total. The van der Waals surface area contributed by atoms with E-state index in [-0.39, 0.29) is 18.7 Å². The molecule has 0 saturated heterocycles. The summed E-state index contributed by atoms with van der Waals surface area (Å²) in [6.45, 7) is -0.0879. The largest absolute Gasteiger partial charge is 0.491 e. The monoisotopic (exact) mass is 355 g/mol. The highest BCUT2D eigenvalue weighted by atomic mass is 16.5. The van der Waals surface area contributed by atoms with Gasteiger partial charge in [-0.15, -0.1) is 5.10 Å². The van der Waals surface area contributed by atoms with Gasteiger partial charge in [-0.1, -0.05) is 17.3 Å². The number of nitrogens with zero attached hydrogens (tertiary/aromatic N) is 3. The van der Waals surface area contributed by atoms with Crippen LogP contribution in [-0.4, -0.2) is 45.9 Å². The van der Waals surface area contributed by atoms with E-state index < -0.39 is 12.1 Å². The third-order valence-electron chi connectivity index (χ3n) is 3.73. The summed E-state index contributed by atoms with van der Waals surface area (Å²) >= 11 is 0. The highest BCUT2D eigenvalue weighted by Gasteiger charge is 2.12. The van der Waals surface area contributed by atoms with Gasteiger partial charge >= 0.3 is 5.97 Å². The standard InChI is InChI=1S/C18H17N3O5/c1-25-18(24)12-6-8-14(9-7-12)26-11-13(22)10-21-17(23)15-4-2-3-5-16(15)19-20-21/h2-9,13,22H,10-11H2,1H3. The molecule has 1 unspecified atom stereocenters. The number of aliphatic hydroxyl groups excluding tert-OH is 1. The van der Waals surface area contributed by atoms with E-state index in [0.717, 1.165) is 4.68 Å². The normalized spacial score (nSPS) is 11.9. The molecule has 1 heterocycles. The Morgan fingerprint density at radius 2 is 1.92 bits per heavy atom. The van der Waals surface area contributed by atoms with Gasteiger partial charge in [-0.3, -0.25) is 4.79 Å². The van der Waals surface area contributed by atoms with Gasteiger partial charge in [0, 0.05) is 0 Å². The van der Waals surface area contributed by atoms with E-state index in [9.17, 15) is 14.7 Å². The van der Waals surface area contributed by atoms with E-state index in [1.54, 1.807) is 48.5 Å². The van der Waals surface area contributed by atoms with Crippen molar-refractivity contribution in [2.45, 2.75) is 12.6 Å². The van der Waals surface area contributed by atoms with E-state index in [2.05, 4.69) is 15.0 Å². The van der Waals surface area contributed by atoms with Gasteiger partial charge in [-0.2, -0.15) is 0 Å². The van der Waals surface area contributed by atoms with E-state index in [1.165, 1.54) is 7.11 Å². The third kappa shape index (κ3) is 3.86. The average Bonchev–Trinajstić information content (AvgIpc) is 2.68. The van der Waals surface area contributed by atoms with E-state index in [1.807, 2.05) is 0 Å². The molecule has 8 heteroatoms. The Bertz CT molecular complexity index is 968. The van der Waals surface area contributed by atoms with Crippen LogP contribution in [0.25, 0.3) is 10.9 Å². The van der Waals surface area contributed by atoms with Crippen LogP contribution in [0.1, 0.15) is 10.4 Å². The molecule has 0 aliphatic heterocycles. The molecule has 8 nitrogen and oxygen atoms in total. The summed E-state index contributed by atoms with van der Waals surface area (Å²) in [5.41, 5.74) is 0.584. The Morgan fingerprint density at radius 3 is 2.65 bits per heavy atom. The molecule has 1 atom stereocenters. The molecular weight excluding hydrogens is 338 g/mol. The Balaban J connectivity index is 1.62. The van der Waals surface area contributed by atoms with E-state index in [0.29, 0.717) is 22.2 Å². The number of carbonyl (C=O) groups is 1. The summed E-state index contributed by atoms with van der Waals surface area (Å²) in [5.74, 6) is 0.0412. The predicted molar refractivity (Wildman–Crippen MR) is 93.1 cm³/mol. The van der Waals surface area contributed by atoms with Crippen molar-refractivity contribution in [2.24, 2.45) is 0 Å². The molecule has 134 valence electrons. The lowest BCUT2D eigenvalue weighted by atomic mass is 10.2. The zero-order valence-electron chi connectivity index (χ0n) is 14.0. The molecular formula is C18H17N3O5. The number of hydrogen-bond donors (Lipinski definition) is 1. The highest BCUT2D eigenvalue weighted by molar-refractivity contribution is 5.89. The van der Waals surface area contributed by atoms with Crippen LogP contribution in [0.2, 0.25) is 0 Å². The van der Waals surface area contributed by atoms with Crippen molar-refractivity contribution < 1.29 is 19.4 Å². The number of hydrogen-bond acceptors (Lipinski definition) is 7. The zero-order valence-corrected chi connectivity index (χ0v) is 14.0. The molecule has 0 saturated carbocycles. The number of rotatable bonds is 6. The molecule has 3 aromatic rings. The Hall–Kier alpha value is -3.26. The van der Waals surface area contributed by atoms with Gasteiger partial charge in [0.2, 0.25) is 0 Å². The first-order valence-electron chi connectivity index (χ1n) is 7.90. The molecule has 1 aromatic heterocycles. The Kier molecular flexibility index (Phi) is 5.23. The quantitative estimate of drug-likeness (QED) is 0.658. The number of esters is 1. The fraction of sp³-hybridized carbons (Fsp3) is 0.222. The van der Waals surface area contributed by atoms with E-state index >= 15 is 0 Å². The first-order chi connectivity index (χ1) is 12.6. The number of methoxy groups -OCH3 is 1. The highest BCUT2D eigenvalue weighted by Crippen LogP contribution is 2.13.